The van der Waals surface area contributed by atoms with Gasteiger partial charge in [-0.2, -0.15) is 4.52 Å². The Balaban J connectivity index is 1.26. The molecule has 0 saturated heterocycles. The van der Waals surface area contributed by atoms with E-state index in [-0.39, 0.29) is 31.6 Å². The van der Waals surface area contributed by atoms with E-state index in [0.29, 0.717) is 34.5 Å². The van der Waals surface area contributed by atoms with Gasteiger partial charge in [0, 0.05) is 24.2 Å². The van der Waals surface area contributed by atoms with E-state index in [4.69, 9.17) is 14.2 Å². The molecule has 2 heterocycles. The van der Waals surface area contributed by atoms with Gasteiger partial charge in [-0.15, -0.1) is 15.3 Å². The highest BCUT2D eigenvalue weighted by Gasteiger charge is 2.11. The first-order valence-electron chi connectivity index (χ1n) is 10.8. The third-order valence-corrected chi connectivity index (χ3v) is 4.79. The lowest BCUT2D eigenvalue weighted by atomic mass is 10.2. The Hall–Kier alpha value is -4.67. The van der Waals surface area contributed by atoms with Gasteiger partial charge < -0.3 is 24.8 Å². The third-order valence-electron chi connectivity index (χ3n) is 4.79. The maximum atomic E-state index is 12.0. The van der Waals surface area contributed by atoms with E-state index >= 15 is 0 Å². The zero-order chi connectivity index (χ0) is 24.6. The molecule has 2 aromatic heterocycles. The molecule has 4 rings (SSSR count). The highest BCUT2D eigenvalue weighted by molar-refractivity contribution is 5.88. The Bertz CT molecular complexity index is 1320. The van der Waals surface area contributed by atoms with E-state index < -0.39 is 0 Å². The van der Waals surface area contributed by atoms with Crippen molar-refractivity contribution in [1.82, 2.24) is 25.1 Å². The predicted octanol–water partition coefficient (Wildman–Crippen LogP) is 2.33. The number of aromatic nitrogens is 4. The summed E-state index contributed by atoms with van der Waals surface area (Å²) in [4.78, 5) is 23.1. The number of ether oxygens (including phenoxy) is 3. The molecule has 0 saturated carbocycles. The number of nitrogens with zero attached hydrogens (tertiary/aromatic N) is 4. The number of fused-ring (bicyclic) bond motifs is 1. The number of amides is 2. The van der Waals surface area contributed by atoms with E-state index in [2.05, 4.69) is 25.9 Å². The Labute approximate surface area is 201 Å². The monoisotopic (exact) mass is 476 g/mol. The highest BCUT2D eigenvalue weighted by atomic mass is 16.5. The van der Waals surface area contributed by atoms with Crippen molar-refractivity contribution in [2.45, 2.75) is 6.92 Å². The van der Waals surface area contributed by atoms with Gasteiger partial charge in [0.2, 0.25) is 11.8 Å². The summed E-state index contributed by atoms with van der Waals surface area (Å²) in [6.07, 6.45) is 0. The minimum atomic E-state index is -0.290. The van der Waals surface area contributed by atoms with Crippen LogP contribution in [0.4, 0.5) is 5.69 Å². The second-order valence-electron chi connectivity index (χ2n) is 7.39. The number of hydrogen-bond acceptors (Lipinski definition) is 8. The van der Waals surface area contributed by atoms with Gasteiger partial charge in [-0.05, 0) is 42.5 Å². The average molecular weight is 476 g/mol. The molecule has 0 aliphatic rings. The molecular formula is C24H24N6O5. The number of carbonyl (C=O) groups is 2. The summed E-state index contributed by atoms with van der Waals surface area (Å²) in [5.41, 5.74) is 2.03. The smallest absolute Gasteiger partial charge is 0.258 e. The number of rotatable bonds is 10. The first kappa shape index (κ1) is 23.5. The first-order chi connectivity index (χ1) is 17.0. The maximum Gasteiger partial charge on any atom is 0.258 e. The molecule has 180 valence electrons. The summed E-state index contributed by atoms with van der Waals surface area (Å²) in [5, 5.41) is 18.2. The van der Waals surface area contributed by atoms with Crippen molar-refractivity contribution in [3.63, 3.8) is 0 Å². The van der Waals surface area contributed by atoms with Crippen molar-refractivity contribution in [3.8, 4) is 28.8 Å². The number of hydrogen-bond donors (Lipinski definition) is 2. The van der Waals surface area contributed by atoms with Gasteiger partial charge in [0.05, 0.1) is 13.7 Å². The number of benzene rings is 2. The van der Waals surface area contributed by atoms with Crippen LogP contribution < -0.4 is 24.8 Å². The lowest BCUT2D eigenvalue weighted by Gasteiger charge is -2.09. The van der Waals surface area contributed by atoms with Crippen LogP contribution in [0, 0.1) is 0 Å². The van der Waals surface area contributed by atoms with Crippen LogP contribution in [-0.4, -0.2) is 58.5 Å². The Morgan fingerprint density at radius 3 is 2.57 bits per heavy atom. The zero-order valence-electron chi connectivity index (χ0n) is 19.2. The zero-order valence-corrected chi connectivity index (χ0v) is 19.2. The summed E-state index contributed by atoms with van der Waals surface area (Å²) >= 11 is 0. The topological polar surface area (TPSA) is 129 Å². The van der Waals surface area contributed by atoms with Crippen molar-refractivity contribution < 1.29 is 23.8 Å². The molecule has 11 heteroatoms. The molecule has 2 aromatic carbocycles. The van der Waals surface area contributed by atoms with Crippen molar-refractivity contribution in [2.24, 2.45) is 0 Å². The number of nitrogens with one attached hydrogen (secondary N) is 2. The van der Waals surface area contributed by atoms with E-state index in [1.807, 2.05) is 24.3 Å². The van der Waals surface area contributed by atoms with Crippen molar-refractivity contribution in [1.29, 1.82) is 0 Å². The summed E-state index contributed by atoms with van der Waals surface area (Å²) < 4.78 is 18.0. The molecule has 0 aliphatic carbocycles. The van der Waals surface area contributed by atoms with Gasteiger partial charge >= 0.3 is 0 Å². The van der Waals surface area contributed by atoms with Gasteiger partial charge in [0.15, 0.2) is 18.1 Å². The van der Waals surface area contributed by atoms with E-state index in [1.54, 1.807) is 48.0 Å². The first-order valence-corrected chi connectivity index (χ1v) is 10.8. The molecule has 0 fully saturated rings. The summed E-state index contributed by atoms with van der Waals surface area (Å²) in [6, 6.07) is 17.6. The van der Waals surface area contributed by atoms with Crippen molar-refractivity contribution >= 4 is 23.1 Å². The number of anilines is 1. The molecular weight excluding hydrogens is 452 g/mol. The number of methoxy groups -OCH3 is 1. The predicted molar refractivity (Wildman–Crippen MR) is 128 cm³/mol. The van der Waals surface area contributed by atoms with Gasteiger partial charge in [-0.3, -0.25) is 9.59 Å². The molecule has 0 atom stereocenters. The number of carbonyl (C=O) groups excluding carboxylic acids is 2. The van der Waals surface area contributed by atoms with E-state index in [9.17, 15) is 9.59 Å². The fraction of sp³-hybridized carbons (Fsp3) is 0.208. The molecule has 0 radical (unpaired) electrons. The fourth-order valence-electron chi connectivity index (χ4n) is 3.17. The Morgan fingerprint density at radius 1 is 0.971 bits per heavy atom. The molecule has 0 aliphatic heterocycles. The molecule has 11 nitrogen and oxygen atoms in total. The third kappa shape index (κ3) is 6.22. The van der Waals surface area contributed by atoms with Crippen LogP contribution in [0.1, 0.15) is 6.92 Å². The molecule has 2 N–H and O–H groups in total. The Kier molecular flexibility index (Phi) is 7.36. The van der Waals surface area contributed by atoms with Crippen LogP contribution in [0.2, 0.25) is 0 Å². The molecule has 35 heavy (non-hydrogen) atoms. The van der Waals surface area contributed by atoms with Gasteiger partial charge in [-0.1, -0.05) is 12.1 Å². The highest BCUT2D eigenvalue weighted by Crippen LogP contribution is 2.23. The normalized spacial score (nSPS) is 10.6. The SMILES string of the molecule is COc1cccc(-c2nnc3ccc(OCCNC(=O)COc4ccc(NC(C)=O)cc4)nn23)c1. The second-order valence-corrected chi connectivity index (χ2v) is 7.39. The quantitative estimate of drug-likeness (QED) is 0.334. The lowest BCUT2D eigenvalue weighted by molar-refractivity contribution is -0.123. The average Bonchev–Trinajstić information content (AvgIpc) is 3.29. The van der Waals surface area contributed by atoms with Crippen LogP contribution in [0.3, 0.4) is 0 Å². The molecule has 0 spiro atoms. The van der Waals surface area contributed by atoms with Crippen LogP contribution in [0.15, 0.2) is 60.7 Å². The van der Waals surface area contributed by atoms with Crippen LogP contribution in [0.25, 0.3) is 17.0 Å². The Morgan fingerprint density at radius 2 is 1.80 bits per heavy atom. The molecule has 0 bridgehead atoms. The maximum absolute atomic E-state index is 12.0. The van der Waals surface area contributed by atoms with Gasteiger partial charge in [-0.25, -0.2) is 0 Å². The summed E-state index contributed by atoms with van der Waals surface area (Å²) in [7, 11) is 1.60. The van der Waals surface area contributed by atoms with E-state index in [0.717, 1.165) is 5.56 Å². The van der Waals surface area contributed by atoms with E-state index in [1.165, 1.54) is 6.92 Å². The molecule has 2 amide bonds. The van der Waals surface area contributed by atoms with Crippen LogP contribution >= 0.6 is 0 Å². The van der Waals surface area contributed by atoms with Gasteiger partial charge in [0.1, 0.15) is 18.1 Å². The summed E-state index contributed by atoms with van der Waals surface area (Å²) in [6.45, 7) is 1.77. The van der Waals surface area contributed by atoms with Crippen LogP contribution in [0.5, 0.6) is 17.4 Å². The minimum absolute atomic E-state index is 0.145. The van der Waals surface area contributed by atoms with Crippen molar-refractivity contribution in [3.05, 3.63) is 60.7 Å². The molecule has 0 unspecified atom stereocenters. The second kappa shape index (κ2) is 11.0. The van der Waals surface area contributed by atoms with Crippen LogP contribution in [-0.2, 0) is 9.59 Å². The standard InChI is InChI=1S/C24H24N6O5/c1-16(31)26-18-6-8-19(9-7-18)35-15-22(32)25-12-13-34-23-11-10-21-27-28-24(30(21)29-23)17-4-3-5-20(14-17)33-2/h3-11,14H,12-13,15H2,1-2H3,(H,25,32)(H,26,31). The minimum Gasteiger partial charge on any atom is -0.497 e. The fourth-order valence-corrected chi connectivity index (χ4v) is 3.17. The lowest BCUT2D eigenvalue weighted by Crippen LogP contribution is -2.32. The molecule has 4 aromatic rings. The summed E-state index contributed by atoms with van der Waals surface area (Å²) in [5.74, 6) is 1.69. The largest absolute Gasteiger partial charge is 0.497 e. The van der Waals surface area contributed by atoms with Gasteiger partial charge in [0.25, 0.3) is 5.91 Å². The van der Waals surface area contributed by atoms with Crippen molar-refractivity contribution in [2.75, 3.05) is 32.2 Å².